The number of rotatable bonds is 6. The van der Waals surface area contributed by atoms with Crippen molar-refractivity contribution in [3.05, 3.63) is 92.8 Å². The molecule has 0 fully saturated rings. The van der Waals surface area contributed by atoms with Gasteiger partial charge in [-0.05, 0) is 44.0 Å². The van der Waals surface area contributed by atoms with E-state index in [4.69, 9.17) is 4.74 Å². The van der Waals surface area contributed by atoms with Crippen LogP contribution in [0.5, 0.6) is 0 Å². The Morgan fingerprint density at radius 2 is 1.79 bits per heavy atom. The van der Waals surface area contributed by atoms with Crippen LogP contribution in [0.1, 0.15) is 39.3 Å². The third kappa shape index (κ3) is 4.70. The van der Waals surface area contributed by atoms with Gasteiger partial charge in [-0.25, -0.2) is 9.78 Å². The zero-order valence-electron chi connectivity index (χ0n) is 18.5. The number of hydrogen-bond acceptors (Lipinski definition) is 6. The highest BCUT2D eigenvalue weighted by atomic mass is 32.1. The zero-order chi connectivity index (χ0) is 23.5. The number of thiophene rings is 1. The van der Waals surface area contributed by atoms with Crippen LogP contribution >= 0.6 is 11.3 Å². The van der Waals surface area contributed by atoms with Crippen molar-refractivity contribution in [1.82, 2.24) is 9.55 Å². The summed E-state index contributed by atoms with van der Waals surface area (Å²) in [6.45, 7) is 5.43. The second-order valence-electron chi connectivity index (χ2n) is 7.79. The molecule has 4 rings (SSSR count). The van der Waals surface area contributed by atoms with Crippen LogP contribution in [0.2, 0.25) is 0 Å². The quantitative estimate of drug-likeness (QED) is 0.423. The fourth-order valence-corrected chi connectivity index (χ4v) is 4.44. The number of benzene rings is 2. The van der Waals surface area contributed by atoms with Crippen LogP contribution in [0.25, 0.3) is 10.2 Å². The Morgan fingerprint density at radius 3 is 2.48 bits per heavy atom. The molecule has 8 heteroatoms. The number of aryl methyl sites for hydroxylation is 2. The molecule has 1 N–H and O–H groups in total. The highest BCUT2D eigenvalue weighted by Gasteiger charge is 2.23. The molecule has 2 aromatic heterocycles. The van der Waals surface area contributed by atoms with E-state index in [2.05, 4.69) is 10.3 Å². The van der Waals surface area contributed by atoms with E-state index >= 15 is 0 Å². The van der Waals surface area contributed by atoms with Crippen LogP contribution in [0.15, 0.2) is 65.7 Å². The Morgan fingerprint density at radius 1 is 1.09 bits per heavy atom. The van der Waals surface area contributed by atoms with Gasteiger partial charge in [-0.2, -0.15) is 0 Å². The molecule has 0 aliphatic rings. The first-order valence-electron chi connectivity index (χ1n) is 10.4. The number of carbonyl (C=O) groups is 2. The molecule has 4 aromatic rings. The molecule has 33 heavy (non-hydrogen) atoms. The Labute approximate surface area is 194 Å². The number of amides is 1. The van der Waals surface area contributed by atoms with Crippen molar-refractivity contribution in [2.75, 3.05) is 5.32 Å². The molecule has 1 atom stereocenters. The summed E-state index contributed by atoms with van der Waals surface area (Å²) in [5, 5.41) is 3.14. The van der Waals surface area contributed by atoms with Gasteiger partial charge in [0.1, 0.15) is 22.4 Å². The fraction of sp³-hybridized carbons (Fsp3) is 0.200. The van der Waals surface area contributed by atoms with Gasteiger partial charge in [0, 0.05) is 5.69 Å². The van der Waals surface area contributed by atoms with E-state index in [1.54, 1.807) is 26.0 Å². The summed E-state index contributed by atoms with van der Waals surface area (Å²) in [5.41, 5.74) is 2.74. The lowest BCUT2D eigenvalue weighted by atomic mass is 10.2. The fourth-order valence-electron chi connectivity index (χ4n) is 3.41. The van der Waals surface area contributed by atoms with E-state index < -0.39 is 12.0 Å². The molecule has 2 heterocycles. The zero-order valence-corrected chi connectivity index (χ0v) is 19.3. The molecule has 0 aliphatic carbocycles. The molecule has 0 bridgehead atoms. The average molecular weight is 462 g/mol. The summed E-state index contributed by atoms with van der Waals surface area (Å²) in [6.07, 6.45) is 1.35. The normalized spacial score (nSPS) is 11.8. The SMILES string of the molecule is Cc1ccc(NC(=O)C(C)n2cnc3sc(C(=O)OCc4ccccc4)c(C)c3c2=O)cc1. The number of aromatic nitrogens is 2. The summed E-state index contributed by atoms with van der Waals surface area (Å²) >= 11 is 1.11. The van der Waals surface area contributed by atoms with Crippen molar-refractivity contribution in [3.8, 4) is 0 Å². The topological polar surface area (TPSA) is 90.3 Å². The Hall–Kier alpha value is -3.78. The minimum Gasteiger partial charge on any atom is -0.457 e. The molecular weight excluding hydrogens is 438 g/mol. The molecule has 0 saturated heterocycles. The van der Waals surface area contributed by atoms with Crippen molar-refractivity contribution in [2.45, 2.75) is 33.4 Å². The first-order chi connectivity index (χ1) is 15.8. The predicted molar refractivity (Wildman–Crippen MR) is 129 cm³/mol. The third-order valence-corrected chi connectivity index (χ3v) is 6.57. The van der Waals surface area contributed by atoms with Gasteiger partial charge in [0.15, 0.2) is 0 Å². The van der Waals surface area contributed by atoms with E-state index in [1.165, 1.54) is 10.9 Å². The van der Waals surface area contributed by atoms with Crippen molar-refractivity contribution >= 4 is 39.1 Å². The van der Waals surface area contributed by atoms with Crippen molar-refractivity contribution < 1.29 is 14.3 Å². The molecule has 0 spiro atoms. The summed E-state index contributed by atoms with van der Waals surface area (Å²) in [7, 11) is 0. The molecule has 0 aliphatic heterocycles. The van der Waals surface area contributed by atoms with Crippen molar-refractivity contribution in [3.63, 3.8) is 0 Å². The molecule has 0 saturated carbocycles. The monoisotopic (exact) mass is 461 g/mol. The van der Waals surface area contributed by atoms with E-state index in [0.717, 1.165) is 22.5 Å². The molecule has 7 nitrogen and oxygen atoms in total. The number of hydrogen-bond donors (Lipinski definition) is 1. The number of nitrogens with one attached hydrogen (secondary N) is 1. The highest BCUT2D eigenvalue weighted by Crippen LogP contribution is 2.28. The average Bonchev–Trinajstić information content (AvgIpc) is 3.16. The van der Waals surface area contributed by atoms with Crippen LogP contribution in [0.3, 0.4) is 0 Å². The van der Waals surface area contributed by atoms with Gasteiger partial charge in [0.05, 0.1) is 11.7 Å². The Kier molecular flexibility index (Phi) is 6.37. The Balaban J connectivity index is 1.57. The number of nitrogens with zero attached hydrogens (tertiary/aromatic N) is 2. The van der Waals surface area contributed by atoms with Crippen molar-refractivity contribution in [1.29, 1.82) is 0 Å². The van der Waals surface area contributed by atoms with Gasteiger partial charge in [-0.15, -0.1) is 11.3 Å². The third-order valence-electron chi connectivity index (χ3n) is 5.39. The molecular formula is C25H23N3O4S. The second kappa shape index (κ2) is 9.38. The predicted octanol–water partition coefficient (Wildman–Crippen LogP) is 4.63. The minimum absolute atomic E-state index is 0.140. The van der Waals surface area contributed by atoms with E-state index in [-0.39, 0.29) is 18.1 Å². The lowest BCUT2D eigenvalue weighted by Gasteiger charge is -2.15. The van der Waals surface area contributed by atoms with Crippen LogP contribution in [-0.2, 0) is 16.1 Å². The van der Waals surface area contributed by atoms with Gasteiger partial charge >= 0.3 is 5.97 Å². The summed E-state index contributed by atoms with van der Waals surface area (Å²) in [6, 6.07) is 16.0. The van der Waals surface area contributed by atoms with Crippen molar-refractivity contribution in [2.24, 2.45) is 0 Å². The molecule has 0 radical (unpaired) electrons. The summed E-state index contributed by atoms with van der Waals surface area (Å²) in [4.78, 5) is 43.7. The lowest BCUT2D eigenvalue weighted by molar-refractivity contribution is -0.118. The van der Waals surface area contributed by atoms with Crippen LogP contribution in [-0.4, -0.2) is 21.4 Å². The largest absolute Gasteiger partial charge is 0.457 e. The maximum atomic E-state index is 13.2. The van der Waals surface area contributed by atoms with E-state index in [1.807, 2.05) is 49.4 Å². The summed E-state index contributed by atoms with van der Waals surface area (Å²) < 4.78 is 6.71. The maximum Gasteiger partial charge on any atom is 0.349 e. The maximum absolute atomic E-state index is 13.2. The number of anilines is 1. The number of carbonyl (C=O) groups excluding carboxylic acids is 2. The van der Waals surface area contributed by atoms with Gasteiger partial charge in [0.25, 0.3) is 5.56 Å². The molecule has 1 unspecified atom stereocenters. The first-order valence-corrected chi connectivity index (χ1v) is 11.3. The summed E-state index contributed by atoms with van der Waals surface area (Å²) in [5.74, 6) is -0.840. The van der Waals surface area contributed by atoms with E-state index in [9.17, 15) is 14.4 Å². The van der Waals surface area contributed by atoms with Crippen LogP contribution < -0.4 is 10.9 Å². The molecule has 1 amide bonds. The first kappa shape index (κ1) is 22.4. The van der Waals surface area contributed by atoms with Gasteiger partial charge in [-0.1, -0.05) is 48.0 Å². The van der Waals surface area contributed by atoms with Gasteiger partial charge in [0.2, 0.25) is 5.91 Å². The minimum atomic E-state index is -0.788. The van der Waals surface area contributed by atoms with Gasteiger partial charge < -0.3 is 10.1 Å². The van der Waals surface area contributed by atoms with Gasteiger partial charge in [-0.3, -0.25) is 14.2 Å². The molecule has 168 valence electrons. The standard InChI is InChI=1S/C25H23N3O4S/c1-15-9-11-19(12-10-15)27-22(29)17(3)28-14-26-23-20(24(28)30)16(2)21(33-23)25(31)32-13-18-7-5-4-6-8-18/h4-12,14,17H,13H2,1-3H3,(H,27,29). The van der Waals surface area contributed by atoms with Crippen LogP contribution in [0, 0.1) is 13.8 Å². The second-order valence-corrected chi connectivity index (χ2v) is 8.79. The number of ether oxygens (including phenoxy) is 1. The lowest BCUT2D eigenvalue weighted by Crippen LogP contribution is -2.31. The smallest absolute Gasteiger partial charge is 0.349 e. The Bertz CT molecular complexity index is 1370. The van der Waals surface area contributed by atoms with E-state index in [0.29, 0.717) is 26.3 Å². The number of esters is 1. The van der Waals surface area contributed by atoms with Crippen LogP contribution in [0.4, 0.5) is 5.69 Å². The highest BCUT2D eigenvalue weighted by molar-refractivity contribution is 7.20. The molecule has 2 aromatic carbocycles. The number of fused-ring (bicyclic) bond motifs is 1.